The molecule has 0 aromatic rings. The van der Waals surface area contributed by atoms with E-state index >= 15 is 0 Å². The molecule has 1 atom stereocenters. The zero-order valence-corrected chi connectivity index (χ0v) is 10.8. The average molecular weight is 241 g/mol. The Morgan fingerprint density at radius 2 is 1.94 bits per heavy atom. The molecule has 0 aromatic carbocycles. The Kier molecular flexibility index (Phi) is 5.45. The van der Waals surface area contributed by atoms with E-state index in [4.69, 9.17) is 5.11 Å². The summed E-state index contributed by atoms with van der Waals surface area (Å²) in [7, 11) is 0. The highest BCUT2D eigenvalue weighted by Gasteiger charge is 2.36. The molecule has 0 spiro atoms. The lowest BCUT2D eigenvalue weighted by atomic mass is 9.87. The quantitative estimate of drug-likeness (QED) is 0.695. The number of aliphatic carboxylic acids is 1. The minimum Gasteiger partial charge on any atom is -0.481 e. The molecule has 1 amide bonds. The zero-order valence-electron chi connectivity index (χ0n) is 10.8. The lowest BCUT2D eigenvalue weighted by molar-refractivity contribution is -0.150. The molecule has 1 aliphatic rings. The Labute approximate surface area is 103 Å². The van der Waals surface area contributed by atoms with E-state index in [0.717, 1.165) is 12.8 Å². The van der Waals surface area contributed by atoms with Crippen molar-refractivity contribution in [1.82, 2.24) is 4.90 Å². The molecule has 1 saturated heterocycles. The summed E-state index contributed by atoms with van der Waals surface area (Å²) < 4.78 is 0. The van der Waals surface area contributed by atoms with Crippen LogP contribution in [0.2, 0.25) is 0 Å². The summed E-state index contributed by atoms with van der Waals surface area (Å²) in [6.07, 6.45) is 5.06. The first-order valence-corrected chi connectivity index (χ1v) is 6.56. The Bertz CT molecular complexity index is 272. The summed E-state index contributed by atoms with van der Waals surface area (Å²) in [4.78, 5) is 24.2. The molecular formula is C13H23NO3. The zero-order chi connectivity index (χ0) is 12.8. The first-order chi connectivity index (χ1) is 8.06. The summed E-state index contributed by atoms with van der Waals surface area (Å²) >= 11 is 0. The summed E-state index contributed by atoms with van der Waals surface area (Å²) in [5.74, 6) is -0.758. The van der Waals surface area contributed by atoms with Crippen molar-refractivity contribution in [2.75, 3.05) is 13.1 Å². The van der Waals surface area contributed by atoms with Crippen LogP contribution in [0.3, 0.4) is 0 Å². The van der Waals surface area contributed by atoms with Crippen LogP contribution >= 0.6 is 0 Å². The lowest BCUT2D eigenvalue weighted by Gasteiger charge is -2.41. The second-order valence-corrected chi connectivity index (χ2v) is 5.00. The molecule has 0 bridgehead atoms. The Morgan fingerprint density at radius 1 is 1.29 bits per heavy atom. The number of unbranched alkanes of at least 4 members (excludes halogenated alkanes) is 3. The number of carboxylic acids is 1. The number of carbonyl (C=O) groups excluding carboxylic acids is 1. The molecule has 1 unspecified atom stereocenters. The molecule has 4 nitrogen and oxygen atoms in total. The summed E-state index contributed by atoms with van der Waals surface area (Å²) in [6.45, 7) is 5.12. The maximum absolute atomic E-state index is 11.7. The number of carboxylic acid groups (broad SMARTS) is 1. The SMILES string of the molecule is CCCCCCC(=O)N1CC(C(C)C(=O)O)C1. The van der Waals surface area contributed by atoms with Crippen LogP contribution in [0.5, 0.6) is 0 Å². The maximum atomic E-state index is 11.7. The van der Waals surface area contributed by atoms with Gasteiger partial charge in [-0.1, -0.05) is 33.1 Å². The fourth-order valence-corrected chi connectivity index (χ4v) is 2.10. The van der Waals surface area contributed by atoms with Crippen LogP contribution in [0.4, 0.5) is 0 Å². The molecule has 1 fully saturated rings. The predicted molar refractivity (Wildman–Crippen MR) is 65.6 cm³/mol. The highest BCUT2D eigenvalue weighted by Crippen LogP contribution is 2.25. The molecule has 17 heavy (non-hydrogen) atoms. The Morgan fingerprint density at radius 3 is 2.47 bits per heavy atom. The molecule has 1 aliphatic heterocycles. The van der Waals surface area contributed by atoms with Gasteiger partial charge in [0.05, 0.1) is 5.92 Å². The smallest absolute Gasteiger partial charge is 0.306 e. The second-order valence-electron chi connectivity index (χ2n) is 5.00. The van der Waals surface area contributed by atoms with E-state index in [1.165, 1.54) is 12.8 Å². The third-order valence-electron chi connectivity index (χ3n) is 3.60. The Balaban J connectivity index is 2.14. The number of amides is 1. The van der Waals surface area contributed by atoms with Crippen molar-refractivity contribution in [2.45, 2.75) is 46.0 Å². The summed E-state index contributed by atoms with van der Waals surface area (Å²) in [5, 5.41) is 8.84. The lowest BCUT2D eigenvalue weighted by Crippen LogP contribution is -2.53. The fourth-order valence-electron chi connectivity index (χ4n) is 2.10. The molecular weight excluding hydrogens is 218 g/mol. The monoisotopic (exact) mass is 241 g/mol. The number of rotatable bonds is 7. The van der Waals surface area contributed by atoms with E-state index in [2.05, 4.69) is 6.92 Å². The number of likely N-dealkylation sites (tertiary alicyclic amines) is 1. The van der Waals surface area contributed by atoms with Gasteiger partial charge in [-0.15, -0.1) is 0 Å². The van der Waals surface area contributed by atoms with Crippen molar-refractivity contribution in [3.8, 4) is 0 Å². The van der Waals surface area contributed by atoms with Crippen LogP contribution in [0.15, 0.2) is 0 Å². The molecule has 4 heteroatoms. The van der Waals surface area contributed by atoms with Crippen LogP contribution in [0, 0.1) is 11.8 Å². The van der Waals surface area contributed by atoms with Crippen LogP contribution in [-0.4, -0.2) is 35.0 Å². The van der Waals surface area contributed by atoms with Crippen molar-refractivity contribution in [3.05, 3.63) is 0 Å². The predicted octanol–water partition coefficient (Wildman–Crippen LogP) is 2.14. The molecule has 1 heterocycles. The largest absolute Gasteiger partial charge is 0.481 e. The topological polar surface area (TPSA) is 57.6 Å². The molecule has 1 rings (SSSR count). The van der Waals surface area contributed by atoms with E-state index in [1.54, 1.807) is 11.8 Å². The number of carbonyl (C=O) groups is 2. The average Bonchev–Trinajstić information content (AvgIpc) is 2.22. The molecule has 0 radical (unpaired) electrons. The first kappa shape index (κ1) is 14.0. The number of hydrogen-bond donors (Lipinski definition) is 1. The molecule has 0 aromatic heterocycles. The second kappa shape index (κ2) is 6.62. The fraction of sp³-hybridized carbons (Fsp3) is 0.846. The van der Waals surface area contributed by atoms with Gasteiger partial charge in [0.2, 0.25) is 5.91 Å². The summed E-state index contributed by atoms with van der Waals surface area (Å²) in [5.41, 5.74) is 0. The molecule has 0 aliphatic carbocycles. The van der Waals surface area contributed by atoms with Gasteiger partial charge in [0.25, 0.3) is 0 Å². The minimum atomic E-state index is -0.759. The van der Waals surface area contributed by atoms with Crippen LogP contribution < -0.4 is 0 Å². The molecule has 0 saturated carbocycles. The third kappa shape index (κ3) is 4.02. The van der Waals surface area contributed by atoms with Crippen LogP contribution in [0.25, 0.3) is 0 Å². The van der Waals surface area contributed by atoms with Crippen LogP contribution in [-0.2, 0) is 9.59 Å². The highest BCUT2D eigenvalue weighted by molar-refractivity contribution is 5.77. The molecule has 98 valence electrons. The molecule has 1 N–H and O–H groups in total. The van der Waals surface area contributed by atoms with Gasteiger partial charge >= 0.3 is 5.97 Å². The van der Waals surface area contributed by atoms with E-state index in [1.807, 2.05) is 0 Å². The normalized spacial score (nSPS) is 17.6. The van der Waals surface area contributed by atoms with Gasteiger partial charge in [-0.2, -0.15) is 0 Å². The van der Waals surface area contributed by atoms with Crippen molar-refractivity contribution in [2.24, 2.45) is 11.8 Å². The number of nitrogens with zero attached hydrogens (tertiary/aromatic N) is 1. The van der Waals surface area contributed by atoms with E-state index in [-0.39, 0.29) is 17.7 Å². The van der Waals surface area contributed by atoms with Crippen molar-refractivity contribution in [3.63, 3.8) is 0 Å². The van der Waals surface area contributed by atoms with Crippen molar-refractivity contribution in [1.29, 1.82) is 0 Å². The maximum Gasteiger partial charge on any atom is 0.306 e. The van der Waals surface area contributed by atoms with E-state index in [9.17, 15) is 9.59 Å². The van der Waals surface area contributed by atoms with Crippen molar-refractivity contribution < 1.29 is 14.7 Å². The number of hydrogen-bond acceptors (Lipinski definition) is 2. The van der Waals surface area contributed by atoms with Gasteiger partial charge in [-0.25, -0.2) is 0 Å². The van der Waals surface area contributed by atoms with Gasteiger partial charge in [0, 0.05) is 25.4 Å². The van der Waals surface area contributed by atoms with Gasteiger partial charge in [-0.3, -0.25) is 9.59 Å². The van der Waals surface area contributed by atoms with Gasteiger partial charge in [0.15, 0.2) is 0 Å². The van der Waals surface area contributed by atoms with Gasteiger partial charge in [-0.05, 0) is 6.42 Å². The van der Waals surface area contributed by atoms with Crippen LogP contribution in [0.1, 0.15) is 46.0 Å². The van der Waals surface area contributed by atoms with E-state index < -0.39 is 5.97 Å². The van der Waals surface area contributed by atoms with E-state index in [0.29, 0.717) is 19.5 Å². The Hall–Kier alpha value is -1.06. The first-order valence-electron chi connectivity index (χ1n) is 6.56. The van der Waals surface area contributed by atoms with Gasteiger partial charge < -0.3 is 10.0 Å². The van der Waals surface area contributed by atoms with Gasteiger partial charge in [0.1, 0.15) is 0 Å². The standard InChI is InChI=1S/C13H23NO3/c1-3-4-5-6-7-12(15)14-8-11(9-14)10(2)13(16)17/h10-11H,3-9H2,1-2H3,(H,16,17). The van der Waals surface area contributed by atoms with Crippen molar-refractivity contribution >= 4 is 11.9 Å². The highest BCUT2D eigenvalue weighted by atomic mass is 16.4. The minimum absolute atomic E-state index is 0.145. The summed E-state index contributed by atoms with van der Waals surface area (Å²) in [6, 6.07) is 0. The third-order valence-corrected chi connectivity index (χ3v) is 3.60.